The lowest BCUT2D eigenvalue weighted by atomic mass is 9.96. The van der Waals surface area contributed by atoms with E-state index in [2.05, 4.69) is 4.74 Å². The average molecular weight is 292 g/mol. The summed E-state index contributed by atoms with van der Waals surface area (Å²) < 4.78 is 4.67. The van der Waals surface area contributed by atoms with E-state index in [0.29, 0.717) is 6.42 Å². The molecule has 0 saturated heterocycles. The number of ether oxygens (including phenoxy) is 1. The molecule has 0 aliphatic rings. The Bertz CT molecular complexity index is 353. The van der Waals surface area contributed by atoms with Crippen molar-refractivity contribution in [2.45, 2.75) is 50.7 Å². The van der Waals surface area contributed by atoms with Crippen molar-refractivity contribution < 1.29 is 39.5 Å². The van der Waals surface area contributed by atoms with E-state index in [-0.39, 0.29) is 13.0 Å². The topological polar surface area (TPSA) is 141 Å². The monoisotopic (exact) mass is 292 g/mol. The van der Waals surface area contributed by atoms with Gasteiger partial charge in [0, 0.05) is 6.42 Å². The highest BCUT2D eigenvalue weighted by Gasteiger charge is 2.41. The first-order chi connectivity index (χ1) is 9.21. The third-order valence-electron chi connectivity index (χ3n) is 2.61. The van der Waals surface area contributed by atoms with Crippen LogP contribution < -0.4 is 0 Å². The Hall–Kier alpha value is -1.67. The van der Waals surface area contributed by atoms with Crippen molar-refractivity contribution >= 4 is 17.9 Å². The summed E-state index contributed by atoms with van der Waals surface area (Å²) in [6.45, 7) is 1.76. The summed E-state index contributed by atoms with van der Waals surface area (Å²) in [6, 6.07) is 0. The number of carbonyl (C=O) groups is 3. The third kappa shape index (κ3) is 7.05. The minimum absolute atomic E-state index is 0.122. The zero-order valence-corrected chi connectivity index (χ0v) is 11.2. The molecule has 0 saturated carbocycles. The van der Waals surface area contributed by atoms with Crippen molar-refractivity contribution in [3.8, 4) is 0 Å². The molecule has 0 aromatic carbocycles. The average Bonchev–Trinajstić information content (AvgIpc) is 2.27. The van der Waals surface area contributed by atoms with Gasteiger partial charge in [-0.1, -0.05) is 13.3 Å². The second kappa shape index (κ2) is 8.49. The van der Waals surface area contributed by atoms with Crippen LogP contribution in [0.2, 0.25) is 0 Å². The maximum atomic E-state index is 11.4. The molecule has 0 aliphatic carbocycles. The lowest BCUT2D eigenvalue weighted by Crippen LogP contribution is -2.43. The van der Waals surface area contributed by atoms with Crippen LogP contribution in [0.3, 0.4) is 0 Å². The predicted molar refractivity (Wildman–Crippen MR) is 65.9 cm³/mol. The molecule has 0 rings (SSSR count). The molecule has 0 amide bonds. The van der Waals surface area contributed by atoms with Gasteiger partial charge in [0.25, 0.3) is 0 Å². The standard InChI is InChI=1S/C12H20O8/c1-2-3-8(13)4-5-20-10(16)7-12(19,11(17)18)6-9(14)15/h8,13,19H,2-7H2,1H3,(H,14,15)(H,17,18). The Labute approximate surface area is 116 Å². The maximum absolute atomic E-state index is 11.4. The van der Waals surface area contributed by atoms with E-state index < -0.39 is 42.5 Å². The van der Waals surface area contributed by atoms with Crippen LogP contribution in [0.1, 0.15) is 39.0 Å². The lowest BCUT2D eigenvalue weighted by molar-refractivity contribution is -0.172. The zero-order valence-electron chi connectivity index (χ0n) is 11.2. The summed E-state index contributed by atoms with van der Waals surface area (Å²) in [5.74, 6) is -4.37. The number of esters is 1. The Morgan fingerprint density at radius 2 is 1.75 bits per heavy atom. The number of carboxylic acids is 2. The molecule has 0 fully saturated rings. The van der Waals surface area contributed by atoms with Crippen LogP contribution in [0.5, 0.6) is 0 Å². The third-order valence-corrected chi connectivity index (χ3v) is 2.61. The van der Waals surface area contributed by atoms with E-state index in [1.165, 1.54) is 0 Å². The van der Waals surface area contributed by atoms with Gasteiger partial charge < -0.3 is 25.2 Å². The number of hydrogen-bond donors (Lipinski definition) is 4. The summed E-state index contributed by atoms with van der Waals surface area (Å²) in [4.78, 5) is 32.6. The van der Waals surface area contributed by atoms with Gasteiger partial charge in [-0.25, -0.2) is 4.79 Å². The fourth-order valence-corrected chi connectivity index (χ4v) is 1.54. The van der Waals surface area contributed by atoms with Crippen molar-refractivity contribution in [3.63, 3.8) is 0 Å². The van der Waals surface area contributed by atoms with Crippen LogP contribution in [0.25, 0.3) is 0 Å². The molecule has 0 bridgehead atoms. The van der Waals surface area contributed by atoms with E-state index in [0.717, 1.165) is 6.42 Å². The van der Waals surface area contributed by atoms with E-state index in [4.69, 9.17) is 10.2 Å². The van der Waals surface area contributed by atoms with Gasteiger partial charge in [-0.05, 0) is 6.42 Å². The zero-order chi connectivity index (χ0) is 15.8. The number of rotatable bonds is 10. The molecule has 8 nitrogen and oxygen atoms in total. The Balaban J connectivity index is 4.28. The molecule has 0 heterocycles. The molecule has 8 heteroatoms. The normalized spacial score (nSPS) is 15.2. The minimum atomic E-state index is -2.69. The molecule has 20 heavy (non-hydrogen) atoms. The second-order valence-corrected chi connectivity index (χ2v) is 4.54. The number of carboxylic acid groups (broad SMARTS) is 2. The maximum Gasteiger partial charge on any atom is 0.336 e. The first kappa shape index (κ1) is 18.3. The fourth-order valence-electron chi connectivity index (χ4n) is 1.54. The van der Waals surface area contributed by atoms with Gasteiger partial charge in [0.1, 0.15) is 0 Å². The first-order valence-corrected chi connectivity index (χ1v) is 6.22. The second-order valence-electron chi connectivity index (χ2n) is 4.54. The highest BCUT2D eigenvalue weighted by Crippen LogP contribution is 2.17. The van der Waals surface area contributed by atoms with Crippen molar-refractivity contribution in [1.29, 1.82) is 0 Å². The summed E-state index contributed by atoms with van der Waals surface area (Å²) in [7, 11) is 0. The smallest absolute Gasteiger partial charge is 0.336 e. The Morgan fingerprint density at radius 1 is 1.15 bits per heavy atom. The van der Waals surface area contributed by atoms with Crippen LogP contribution in [0, 0.1) is 0 Å². The van der Waals surface area contributed by atoms with Crippen LogP contribution in [-0.4, -0.2) is 56.6 Å². The van der Waals surface area contributed by atoms with Crippen LogP contribution in [-0.2, 0) is 19.1 Å². The number of hydrogen-bond acceptors (Lipinski definition) is 6. The molecule has 0 aliphatic heterocycles. The quantitative estimate of drug-likeness (QED) is 0.404. The Morgan fingerprint density at radius 3 is 2.20 bits per heavy atom. The van der Waals surface area contributed by atoms with Gasteiger partial charge in [-0.15, -0.1) is 0 Å². The van der Waals surface area contributed by atoms with Gasteiger partial charge in [0.15, 0.2) is 5.60 Å². The van der Waals surface area contributed by atoms with Gasteiger partial charge in [0.2, 0.25) is 0 Å². The number of aliphatic carboxylic acids is 2. The molecule has 0 radical (unpaired) electrons. The summed E-state index contributed by atoms with van der Waals surface area (Å²) in [6.07, 6.45) is -1.16. The van der Waals surface area contributed by atoms with Gasteiger partial charge in [0.05, 0.1) is 25.6 Å². The highest BCUT2D eigenvalue weighted by molar-refractivity contribution is 5.88. The van der Waals surface area contributed by atoms with Gasteiger partial charge in [-0.2, -0.15) is 0 Å². The minimum Gasteiger partial charge on any atom is -0.481 e. The highest BCUT2D eigenvalue weighted by atomic mass is 16.5. The van der Waals surface area contributed by atoms with Crippen LogP contribution >= 0.6 is 0 Å². The molecule has 116 valence electrons. The van der Waals surface area contributed by atoms with Crippen molar-refractivity contribution in [3.05, 3.63) is 0 Å². The van der Waals surface area contributed by atoms with E-state index in [1.807, 2.05) is 6.92 Å². The molecule has 0 aromatic heterocycles. The lowest BCUT2D eigenvalue weighted by Gasteiger charge is -2.20. The summed E-state index contributed by atoms with van der Waals surface area (Å²) in [5, 5.41) is 36.2. The summed E-state index contributed by atoms with van der Waals surface area (Å²) >= 11 is 0. The predicted octanol–water partition coefficient (Wildman–Crippen LogP) is -0.239. The molecule has 4 N–H and O–H groups in total. The molecule has 2 unspecified atom stereocenters. The molecule has 2 atom stereocenters. The molecular weight excluding hydrogens is 272 g/mol. The fraction of sp³-hybridized carbons (Fsp3) is 0.750. The van der Waals surface area contributed by atoms with Gasteiger partial charge in [-0.3, -0.25) is 9.59 Å². The number of carbonyl (C=O) groups excluding carboxylic acids is 1. The van der Waals surface area contributed by atoms with E-state index >= 15 is 0 Å². The number of aliphatic hydroxyl groups is 2. The van der Waals surface area contributed by atoms with Gasteiger partial charge >= 0.3 is 17.9 Å². The first-order valence-electron chi connectivity index (χ1n) is 6.22. The Kier molecular flexibility index (Phi) is 7.78. The summed E-state index contributed by atoms with van der Waals surface area (Å²) in [5.41, 5.74) is -2.69. The van der Waals surface area contributed by atoms with Crippen molar-refractivity contribution in [2.75, 3.05) is 6.61 Å². The molecule has 0 spiro atoms. The van der Waals surface area contributed by atoms with Crippen LogP contribution in [0.15, 0.2) is 0 Å². The molecular formula is C12H20O8. The SMILES string of the molecule is CCCC(O)CCOC(=O)CC(O)(CC(=O)O)C(=O)O. The van der Waals surface area contributed by atoms with Crippen molar-refractivity contribution in [2.24, 2.45) is 0 Å². The van der Waals surface area contributed by atoms with E-state index in [1.54, 1.807) is 0 Å². The van der Waals surface area contributed by atoms with Crippen LogP contribution in [0.4, 0.5) is 0 Å². The van der Waals surface area contributed by atoms with Crippen molar-refractivity contribution in [1.82, 2.24) is 0 Å². The van der Waals surface area contributed by atoms with E-state index in [9.17, 15) is 24.6 Å². The largest absolute Gasteiger partial charge is 0.481 e. The number of aliphatic hydroxyl groups excluding tert-OH is 1. The molecule has 0 aromatic rings.